The van der Waals surface area contributed by atoms with Crippen molar-refractivity contribution in [2.75, 3.05) is 65.8 Å². The Kier molecular flexibility index (Phi) is 16.8. The SMILES string of the molecule is CC1(C)CBC(c2ccccc2CN(CCOCCO)CCc2c3ccccc3c(CCN(CCOCCO)Cc3ccccc3C3BCC(C)(C)CC3)c3ccccc23)CC1. The van der Waals surface area contributed by atoms with Crippen LogP contribution in [0.3, 0.4) is 0 Å². The molecule has 0 radical (unpaired) electrons. The highest BCUT2D eigenvalue weighted by Crippen LogP contribution is 2.41. The first kappa shape index (κ1) is 46.5. The van der Waals surface area contributed by atoms with Gasteiger partial charge >= 0.3 is 0 Å². The Labute approximate surface area is 374 Å². The number of hydrogen-bond acceptors (Lipinski definition) is 6. The van der Waals surface area contributed by atoms with Gasteiger partial charge in [0, 0.05) is 39.3 Å². The molecule has 7 rings (SSSR count). The molecule has 2 aliphatic heterocycles. The second-order valence-corrected chi connectivity index (χ2v) is 20.0. The molecule has 0 saturated carbocycles. The highest BCUT2D eigenvalue weighted by atomic mass is 16.5. The van der Waals surface area contributed by atoms with Gasteiger partial charge in [-0.05, 0) is 103 Å². The van der Waals surface area contributed by atoms with E-state index in [0.29, 0.717) is 48.9 Å². The molecule has 2 N–H and O–H groups in total. The van der Waals surface area contributed by atoms with E-state index in [-0.39, 0.29) is 13.2 Å². The molecule has 8 heteroatoms. The fourth-order valence-electron chi connectivity index (χ4n) is 10.7. The number of rotatable bonds is 22. The van der Waals surface area contributed by atoms with E-state index in [9.17, 15) is 10.2 Å². The third-order valence-corrected chi connectivity index (χ3v) is 14.5. The lowest BCUT2D eigenvalue weighted by atomic mass is 9.47. The summed E-state index contributed by atoms with van der Waals surface area (Å²) in [7, 11) is 2.52. The van der Waals surface area contributed by atoms with Crippen LogP contribution in [0.2, 0.25) is 12.6 Å². The molecule has 0 amide bonds. The molecular weight excluding hydrogens is 762 g/mol. The number of aliphatic hydroxyl groups is 2. The van der Waals surface area contributed by atoms with Gasteiger partial charge in [-0.25, -0.2) is 0 Å². The zero-order valence-electron chi connectivity index (χ0n) is 38.6. The van der Waals surface area contributed by atoms with Crippen molar-refractivity contribution < 1.29 is 19.7 Å². The Morgan fingerprint density at radius 2 is 0.887 bits per heavy atom. The standard InChI is InChI=1S/C54H74B2N2O4/c1-53(2)25-21-51(55-39-53)43-15-7-5-13-41(43)37-57(29-33-61-35-31-59)27-23-49-45-17-9-11-19-47(45)50(48-20-12-10-18-46(48)49)24-28-58(30-34-62-36-32-60)38-42-14-6-8-16-44(42)52-22-26-54(3,4)40-56-52/h5-20,51-52,55-56,59-60H,21-40H2,1-4H3. The van der Waals surface area contributed by atoms with Gasteiger partial charge in [0.2, 0.25) is 0 Å². The number of ether oxygens (including phenoxy) is 2. The largest absolute Gasteiger partial charge is 0.394 e. The Hall–Kier alpha value is -3.49. The Balaban J connectivity index is 1.14. The van der Waals surface area contributed by atoms with Crippen molar-refractivity contribution in [2.45, 2.75) is 104 Å². The molecule has 0 bridgehead atoms. The van der Waals surface area contributed by atoms with Crippen LogP contribution in [0.15, 0.2) is 97.1 Å². The lowest BCUT2D eigenvalue weighted by Crippen LogP contribution is -2.31. The zero-order chi connectivity index (χ0) is 43.4. The summed E-state index contributed by atoms with van der Waals surface area (Å²) < 4.78 is 11.8. The van der Waals surface area contributed by atoms with Gasteiger partial charge in [-0.2, -0.15) is 0 Å². The minimum absolute atomic E-state index is 0.0484. The summed E-state index contributed by atoms with van der Waals surface area (Å²) in [4.78, 5) is 5.17. The number of fused-ring (bicyclic) bond motifs is 2. The number of aliphatic hydroxyl groups excluding tert-OH is 2. The topological polar surface area (TPSA) is 65.4 Å². The van der Waals surface area contributed by atoms with Crippen molar-refractivity contribution in [3.63, 3.8) is 0 Å². The molecule has 0 aromatic heterocycles. The summed E-state index contributed by atoms with van der Waals surface area (Å²) in [5.41, 5.74) is 9.67. The Bertz CT molecular complexity index is 1950. The Morgan fingerprint density at radius 1 is 0.516 bits per heavy atom. The summed E-state index contributed by atoms with van der Waals surface area (Å²) in [6.45, 7) is 17.0. The maximum absolute atomic E-state index is 9.47. The average molecular weight is 837 g/mol. The molecule has 62 heavy (non-hydrogen) atoms. The fourth-order valence-corrected chi connectivity index (χ4v) is 10.7. The van der Waals surface area contributed by atoms with Gasteiger partial charge in [0.15, 0.2) is 0 Å². The molecule has 2 fully saturated rings. The number of nitrogens with zero attached hydrogens (tertiary/aromatic N) is 2. The molecule has 5 aromatic carbocycles. The van der Waals surface area contributed by atoms with E-state index in [1.165, 1.54) is 108 Å². The molecule has 5 aromatic rings. The van der Waals surface area contributed by atoms with Crippen LogP contribution in [0.1, 0.15) is 98.4 Å². The summed E-state index contributed by atoms with van der Waals surface area (Å²) in [5.74, 6) is 1.24. The van der Waals surface area contributed by atoms with E-state index in [1.807, 2.05) is 0 Å². The van der Waals surface area contributed by atoms with Crippen molar-refractivity contribution in [1.29, 1.82) is 0 Å². The van der Waals surface area contributed by atoms with Crippen LogP contribution in [-0.4, -0.2) is 100 Å². The van der Waals surface area contributed by atoms with E-state index in [4.69, 9.17) is 9.47 Å². The summed E-state index contributed by atoms with van der Waals surface area (Å²) in [6, 6.07) is 36.6. The van der Waals surface area contributed by atoms with Crippen molar-refractivity contribution in [1.82, 2.24) is 9.80 Å². The summed E-state index contributed by atoms with van der Waals surface area (Å²) >= 11 is 0. The molecule has 6 nitrogen and oxygen atoms in total. The van der Waals surface area contributed by atoms with E-state index in [0.717, 1.165) is 52.1 Å². The second kappa shape index (κ2) is 22.4. The quantitative estimate of drug-likeness (QED) is 0.0412. The van der Waals surface area contributed by atoms with Gasteiger partial charge < -0.3 is 19.7 Å². The van der Waals surface area contributed by atoms with Crippen molar-refractivity contribution in [3.05, 3.63) is 130 Å². The van der Waals surface area contributed by atoms with E-state index < -0.39 is 0 Å². The first-order valence-electron chi connectivity index (χ1n) is 24.0. The van der Waals surface area contributed by atoms with Crippen molar-refractivity contribution in [3.8, 4) is 0 Å². The smallest absolute Gasteiger partial charge is 0.130 e. The molecule has 0 aliphatic carbocycles. The lowest BCUT2D eigenvalue weighted by molar-refractivity contribution is 0.0722. The van der Waals surface area contributed by atoms with Crippen molar-refractivity contribution in [2.24, 2.45) is 10.8 Å². The van der Waals surface area contributed by atoms with Crippen molar-refractivity contribution >= 4 is 36.1 Å². The maximum Gasteiger partial charge on any atom is 0.130 e. The predicted octanol–water partition coefficient (Wildman–Crippen LogP) is 9.53. The predicted molar refractivity (Wildman–Crippen MR) is 264 cm³/mol. The van der Waals surface area contributed by atoms with Crippen LogP contribution in [0.4, 0.5) is 0 Å². The molecule has 2 unspecified atom stereocenters. The monoisotopic (exact) mass is 837 g/mol. The molecule has 0 spiro atoms. The maximum atomic E-state index is 9.47. The summed E-state index contributed by atoms with van der Waals surface area (Å²) in [6.07, 6.45) is 9.52. The van der Waals surface area contributed by atoms with Gasteiger partial charge in [-0.1, -0.05) is 150 Å². The molecular formula is C54H74B2N2O4. The van der Waals surface area contributed by atoms with Crippen LogP contribution in [0.5, 0.6) is 0 Å². The fraction of sp³-hybridized carbons (Fsp3) is 0.519. The van der Waals surface area contributed by atoms with Gasteiger partial charge in [0.05, 0.1) is 39.6 Å². The minimum atomic E-state index is 0.0484. The first-order valence-corrected chi connectivity index (χ1v) is 24.0. The van der Waals surface area contributed by atoms with Crippen LogP contribution >= 0.6 is 0 Å². The summed E-state index contributed by atoms with van der Waals surface area (Å²) in [5, 5.41) is 24.4. The highest BCUT2D eigenvalue weighted by Gasteiger charge is 2.31. The number of benzene rings is 5. The first-order chi connectivity index (χ1) is 30.1. The Morgan fingerprint density at radius 3 is 1.24 bits per heavy atom. The molecule has 2 aliphatic rings. The molecule has 2 atom stereocenters. The van der Waals surface area contributed by atoms with Gasteiger partial charge in [-0.3, -0.25) is 9.80 Å². The third-order valence-electron chi connectivity index (χ3n) is 14.5. The van der Waals surface area contributed by atoms with E-state index in [1.54, 1.807) is 0 Å². The third kappa shape index (κ3) is 12.4. The van der Waals surface area contributed by atoms with Gasteiger partial charge in [0.1, 0.15) is 14.6 Å². The average Bonchev–Trinajstić information content (AvgIpc) is 3.28. The van der Waals surface area contributed by atoms with E-state index >= 15 is 0 Å². The normalized spacial score (nSPS) is 18.6. The van der Waals surface area contributed by atoms with Gasteiger partial charge in [0.25, 0.3) is 0 Å². The van der Waals surface area contributed by atoms with E-state index in [2.05, 4.69) is 135 Å². The lowest BCUT2D eigenvalue weighted by Gasteiger charge is -2.35. The molecule has 330 valence electrons. The molecule has 2 saturated heterocycles. The van der Waals surface area contributed by atoms with Gasteiger partial charge in [-0.15, -0.1) is 0 Å². The molecule has 2 heterocycles. The van der Waals surface area contributed by atoms with Crippen LogP contribution < -0.4 is 0 Å². The number of hydrogen-bond donors (Lipinski definition) is 2. The minimum Gasteiger partial charge on any atom is -0.394 e. The zero-order valence-corrected chi connectivity index (χ0v) is 38.6. The second-order valence-electron chi connectivity index (χ2n) is 20.0. The highest BCUT2D eigenvalue weighted by molar-refractivity contribution is 6.38. The van der Waals surface area contributed by atoms with Crippen LogP contribution in [0, 0.1) is 10.8 Å². The van der Waals surface area contributed by atoms with Crippen LogP contribution in [0.25, 0.3) is 21.5 Å². The van der Waals surface area contributed by atoms with Crippen LogP contribution in [-0.2, 0) is 35.4 Å².